The number of rotatable bonds is 2. The fourth-order valence-corrected chi connectivity index (χ4v) is 3.92. The van der Waals surface area contributed by atoms with Gasteiger partial charge >= 0.3 is 0 Å². The number of halogens is 3. The molecule has 0 radical (unpaired) electrons. The highest BCUT2D eigenvalue weighted by molar-refractivity contribution is 9.12. The molecule has 0 aliphatic carbocycles. The van der Waals surface area contributed by atoms with Crippen LogP contribution in [-0.4, -0.2) is 4.98 Å². The second kappa shape index (κ2) is 4.95. The van der Waals surface area contributed by atoms with Crippen LogP contribution in [0.1, 0.15) is 11.3 Å². The molecule has 15 heavy (non-hydrogen) atoms. The summed E-state index contributed by atoms with van der Waals surface area (Å²) >= 11 is 14.3. The molecular weight excluding hydrogens is 361 g/mol. The van der Waals surface area contributed by atoms with Crippen molar-refractivity contribution in [3.05, 3.63) is 48.2 Å². The Hall–Kier alpha value is 0.1000. The lowest BCUT2D eigenvalue weighted by molar-refractivity contribution is 1.09. The molecule has 1 aromatic heterocycles. The minimum atomic E-state index is 0.761. The second-order valence-corrected chi connectivity index (χ2v) is 7.02. The summed E-state index contributed by atoms with van der Waals surface area (Å²) in [6.45, 7) is 0. The molecule has 0 saturated heterocycles. The van der Waals surface area contributed by atoms with E-state index in [1.54, 1.807) is 11.3 Å². The summed E-state index contributed by atoms with van der Waals surface area (Å²) in [5, 5.41) is 0.761. The summed E-state index contributed by atoms with van der Waals surface area (Å²) in [7, 11) is 0. The second-order valence-electron chi connectivity index (χ2n) is 2.99. The number of nitrogens with zero attached hydrogens (tertiary/aromatic N) is 1. The molecule has 0 saturated carbocycles. The fourth-order valence-electron chi connectivity index (χ4n) is 1.21. The molecular formula is C10H6Br2ClNS. The molecule has 78 valence electrons. The summed E-state index contributed by atoms with van der Waals surface area (Å²) in [6.07, 6.45) is 0.819. The summed E-state index contributed by atoms with van der Waals surface area (Å²) in [5.41, 5.74) is 2.26. The first-order chi connectivity index (χ1) is 7.15. The molecule has 2 rings (SSSR count). The van der Waals surface area contributed by atoms with Gasteiger partial charge in [-0.2, -0.15) is 0 Å². The smallest absolute Gasteiger partial charge is 0.160 e. The van der Waals surface area contributed by atoms with Gasteiger partial charge in [0.1, 0.15) is 0 Å². The molecule has 0 atom stereocenters. The highest BCUT2D eigenvalue weighted by Gasteiger charge is 2.07. The lowest BCUT2D eigenvalue weighted by Crippen LogP contribution is -1.88. The Balaban J connectivity index is 2.21. The Kier molecular flexibility index (Phi) is 3.83. The number of hydrogen-bond donors (Lipinski definition) is 0. The zero-order valence-corrected chi connectivity index (χ0v) is 12.3. The van der Waals surface area contributed by atoms with E-state index in [-0.39, 0.29) is 0 Å². The lowest BCUT2D eigenvalue weighted by atomic mass is 10.1. The van der Waals surface area contributed by atoms with Crippen LogP contribution in [0.2, 0.25) is 5.02 Å². The molecule has 1 aromatic carbocycles. The van der Waals surface area contributed by atoms with Gasteiger partial charge in [-0.1, -0.05) is 35.1 Å². The molecule has 0 bridgehead atoms. The van der Waals surface area contributed by atoms with Gasteiger partial charge in [-0.25, -0.2) is 4.98 Å². The Morgan fingerprint density at radius 3 is 2.40 bits per heavy atom. The van der Waals surface area contributed by atoms with Crippen LogP contribution in [0, 0.1) is 0 Å². The molecule has 2 aromatic rings. The lowest BCUT2D eigenvalue weighted by Gasteiger charge is -1.98. The van der Waals surface area contributed by atoms with Crippen LogP contribution in [0.3, 0.4) is 0 Å². The van der Waals surface area contributed by atoms with Crippen molar-refractivity contribution in [1.82, 2.24) is 4.98 Å². The molecule has 0 N–H and O–H groups in total. The summed E-state index contributed by atoms with van der Waals surface area (Å²) < 4.78 is 1.97. The first-order valence-corrected chi connectivity index (χ1v) is 6.98. The Morgan fingerprint density at radius 2 is 1.87 bits per heavy atom. The maximum atomic E-state index is 5.82. The van der Waals surface area contributed by atoms with Crippen LogP contribution < -0.4 is 0 Å². The van der Waals surface area contributed by atoms with Crippen molar-refractivity contribution in [3.8, 4) is 0 Å². The van der Waals surface area contributed by atoms with Crippen LogP contribution in [0.4, 0.5) is 0 Å². The maximum absolute atomic E-state index is 5.82. The molecule has 1 nitrogen and oxygen atoms in total. The van der Waals surface area contributed by atoms with Crippen molar-refractivity contribution >= 4 is 54.8 Å². The van der Waals surface area contributed by atoms with E-state index in [1.807, 2.05) is 24.3 Å². The van der Waals surface area contributed by atoms with Gasteiger partial charge in [-0.3, -0.25) is 0 Å². The standard InChI is InChI=1S/C10H6Br2ClNS/c11-9-8(14-10(12)15-9)5-6-1-3-7(13)4-2-6/h1-4H,5H2. The van der Waals surface area contributed by atoms with Crippen LogP contribution in [0.15, 0.2) is 32.0 Å². The van der Waals surface area contributed by atoms with E-state index in [4.69, 9.17) is 11.6 Å². The average Bonchev–Trinajstić information content (AvgIpc) is 2.49. The van der Waals surface area contributed by atoms with E-state index in [0.29, 0.717) is 0 Å². The van der Waals surface area contributed by atoms with E-state index in [0.717, 1.165) is 24.8 Å². The third-order valence-corrected chi connectivity index (χ3v) is 4.44. The van der Waals surface area contributed by atoms with Gasteiger partial charge in [0.2, 0.25) is 0 Å². The minimum Gasteiger partial charge on any atom is -0.233 e. The fraction of sp³-hybridized carbons (Fsp3) is 0.100. The van der Waals surface area contributed by atoms with Gasteiger partial charge in [-0.05, 0) is 49.6 Å². The van der Waals surface area contributed by atoms with E-state index >= 15 is 0 Å². The van der Waals surface area contributed by atoms with E-state index < -0.39 is 0 Å². The van der Waals surface area contributed by atoms with Crippen LogP contribution in [-0.2, 0) is 6.42 Å². The highest BCUT2D eigenvalue weighted by atomic mass is 79.9. The number of aromatic nitrogens is 1. The molecule has 0 fully saturated rings. The third-order valence-electron chi connectivity index (χ3n) is 1.91. The maximum Gasteiger partial charge on any atom is 0.160 e. The predicted molar refractivity (Wildman–Crippen MR) is 71.8 cm³/mol. The predicted octanol–water partition coefficient (Wildman–Crippen LogP) is 4.91. The third kappa shape index (κ3) is 3.03. The van der Waals surface area contributed by atoms with Crippen molar-refractivity contribution in [1.29, 1.82) is 0 Å². The molecule has 0 aliphatic rings. The van der Waals surface area contributed by atoms with Gasteiger partial charge in [0.25, 0.3) is 0 Å². The largest absolute Gasteiger partial charge is 0.233 e. The molecule has 1 heterocycles. The van der Waals surface area contributed by atoms with Crippen molar-refractivity contribution in [3.63, 3.8) is 0 Å². The van der Waals surface area contributed by atoms with Crippen LogP contribution in [0.5, 0.6) is 0 Å². The highest BCUT2D eigenvalue weighted by Crippen LogP contribution is 2.30. The SMILES string of the molecule is Clc1ccc(Cc2nc(Br)sc2Br)cc1. The Morgan fingerprint density at radius 1 is 1.20 bits per heavy atom. The van der Waals surface area contributed by atoms with Crippen molar-refractivity contribution in [2.24, 2.45) is 0 Å². The van der Waals surface area contributed by atoms with Gasteiger partial charge in [0.05, 0.1) is 9.48 Å². The van der Waals surface area contributed by atoms with Crippen molar-refractivity contribution < 1.29 is 0 Å². The number of hydrogen-bond acceptors (Lipinski definition) is 2. The Bertz CT molecular complexity index is 467. The average molecular weight is 367 g/mol. The topological polar surface area (TPSA) is 12.9 Å². The molecule has 5 heteroatoms. The van der Waals surface area contributed by atoms with Crippen molar-refractivity contribution in [2.75, 3.05) is 0 Å². The van der Waals surface area contributed by atoms with Gasteiger partial charge in [-0.15, -0.1) is 0 Å². The van der Waals surface area contributed by atoms with E-state index in [9.17, 15) is 0 Å². The Labute approximate surface area is 114 Å². The molecule has 0 amide bonds. The summed E-state index contributed by atoms with van der Waals surface area (Å²) in [4.78, 5) is 4.38. The zero-order chi connectivity index (χ0) is 10.8. The van der Waals surface area contributed by atoms with E-state index in [2.05, 4.69) is 36.8 Å². The monoisotopic (exact) mass is 365 g/mol. The van der Waals surface area contributed by atoms with Gasteiger partial charge in [0, 0.05) is 11.4 Å². The summed E-state index contributed by atoms with van der Waals surface area (Å²) in [5.74, 6) is 0. The number of thiazole rings is 1. The first kappa shape index (κ1) is 11.6. The molecule has 0 aliphatic heterocycles. The molecule has 0 unspecified atom stereocenters. The number of benzene rings is 1. The summed E-state index contributed by atoms with van der Waals surface area (Å²) in [6, 6.07) is 7.82. The van der Waals surface area contributed by atoms with Gasteiger partial charge in [0.15, 0.2) is 3.92 Å². The van der Waals surface area contributed by atoms with Crippen LogP contribution in [0.25, 0.3) is 0 Å². The van der Waals surface area contributed by atoms with Crippen LogP contribution >= 0.6 is 54.8 Å². The van der Waals surface area contributed by atoms with E-state index in [1.165, 1.54) is 5.56 Å². The first-order valence-electron chi connectivity index (χ1n) is 4.20. The quantitative estimate of drug-likeness (QED) is 0.735. The molecule has 0 spiro atoms. The zero-order valence-electron chi connectivity index (χ0n) is 7.51. The normalized spacial score (nSPS) is 10.6. The van der Waals surface area contributed by atoms with Crippen molar-refractivity contribution in [2.45, 2.75) is 6.42 Å². The minimum absolute atomic E-state index is 0.761. The van der Waals surface area contributed by atoms with Gasteiger partial charge < -0.3 is 0 Å².